The predicted octanol–water partition coefficient (Wildman–Crippen LogP) is 4.31. The zero-order valence-electron chi connectivity index (χ0n) is 10.1. The Hall–Kier alpha value is -1.36. The van der Waals surface area contributed by atoms with Crippen molar-refractivity contribution >= 4 is 34.5 Å². The molecule has 0 radical (unpaired) electrons. The highest BCUT2D eigenvalue weighted by Crippen LogP contribution is 2.19. The molecule has 0 amide bonds. The molecule has 92 valence electrons. The summed E-state index contributed by atoms with van der Waals surface area (Å²) < 4.78 is 1.08. The summed E-state index contributed by atoms with van der Waals surface area (Å²) in [6.45, 7) is 2.13. The molecular weight excluding hydrogens is 337 g/mol. The highest BCUT2D eigenvalue weighted by atomic mass is 127. The summed E-state index contributed by atoms with van der Waals surface area (Å²) in [7, 11) is 0. The number of phenolic OH excluding ortho intramolecular Hbond substituents is 1. The maximum Gasteiger partial charge on any atom is 0.124 e. The average molecular weight is 351 g/mol. The molecule has 0 unspecified atom stereocenters. The van der Waals surface area contributed by atoms with Crippen LogP contribution in [0.15, 0.2) is 47.5 Å². The summed E-state index contributed by atoms with van der Waals surface area (Å²) in [5.74, 6) is 0.254. The minimum Gasteiger partial charge on any atom is -0.507 e. The van der Waals surface area contributed by atoms with Gasteiger partial charge in [0, 0.05) is 15.3 Å². The maximum atomic E-state index is 9.70. The second-order valence-electron chi connectivity index (χ2n) is 3.98. The van der Waals surface area contributed by atoms with E-state index in [2.05, 4.69) is 46.6 Å². The highest BCUT2D eigenvalue weighted by Gasteiger charge is 1.98. The molecule has 1 N–H and O–H groups in total. The number of phenols is 1. The minimum absolute atomic E-state index is 0.254. The van der Waals surface area contributed by atoms with Gasteiger partial charge in [-0.25, -0.2) is 0 Å². The van der Waals surface area contributed by atoms with Crippen molar-refractivity contribution in [3.8, 4) is 5.75 Å². The number of aryl methyl sites for hydroxylation is 1. The summed E-state index contributed by atoms with van der Waals surface area (Å²) in [6.07, 6.45) is 2.72. The largest absolute Gasteiger partial charge is 0.507 e. The van der Waals surface area contributed by atoms with Crippen LogP contribution < -0.4 is 0 Å². The van der Waals surface area contributed by atoms with Crippen LogP contribution in [0.3, 0.4) is 0 Å². The van der Waals surface area contributed by atoms with Crippen LogP contribution in [0.2, 0.25) is 0 Å². The molecule has 2 aromatic rings. The number of aromatic hydroxyl groups is 1. The molecule has 0 heterocycles. The Bertz CT molecular complexity index is 561. The molecule has 0 aliphatic rings. The molecule has 0 fully saturated rings. The number of benzene rings is 2. The van der Waals surface area contributed by atoms with E-state index in [-0.39, 0.29) is 5.75 Å². The number of rotatable bonds is 3. The fourth-order valence-corrected chi connectivity index (χ4v) is 2.11. The first-order chi connectivity index (χ1) is 8.69. The Kier molecular flexibility index (Phi) is 4.36. The van der Waals surface area contributed by atoms with Gasteiger partial charge < -0.3 is 5.11 Å². The van der Waals surface area contributed by atoms with Crippen LogP contribution in [0.4, 0.5) is 5.69 Å². The summed E-state index contributed by atoms with van der Waals surface area (Å²) in [5, 5.41) is 9.70. The first-order valence-electron chi connectivity index (χ1n) is 5.80. The lowest BCUT2D eigenvalue weighted by atomic mass is 10.1. The van der Waals surface area contributed by atoms with Crippen molar-refractivity contribution in [3.05, 3.63) is 57.2 Å². The number of hydrogen-bond donors (Lipinski definition) is 1. The van der Waals surface area contributed by atoms with Gasteiger partial charge in [0.05, 0.1) is 5.69 Å². The summed E-state index contributed by atoms with van der Waals surface area (Å²) in [4.78, 5) is 4.37. The predicted molar refractivity (Wildman–Crippen MR) is 83.9 cm³/mol. The fourth-order valence-electron chi connectivity index (χ4n) is 1.59. The molecule has 0 atom stereocenters. The third-order valence-corrected chi connectivity index (χ3v) is 3.36. The third-order valence-electron chi connectivity index (χ3n) is 2.69. The molecule has 0 aliphatic carbocycles. The van der Waals surface area contributed by atoms with E-state index in [9.17, 15) is 5.11 Å². The molecule has 2 aromatic carbocycles. The van der Waals surface area contributed by atoms with E-state index < -0.39 is 0 Å². The van der Waals surface area contributed by atoms with Crippen molar-refractivity contribution in [1.29, 1.82) is 0 Å². The summed E-state index contributed by atoms with van der Waals surface area (Å²) in [6, 6.07) is 13.6. The molecule has 0 spiro atoms. The lowest BCUT2D eigenvalue weighted by Gasteiger charge is -2.00. The Morgan fingerprint density at radius 3 is 2.56 bits per heavy atom. The molecule has 0 bridgehead atoms. The zero-order chi connectivity index (χ0) is 13.0. The second kappa shape index (κ2) is 6.00. The van der Waals surface area contributed by atoms with Gasteiger partial charge in [0.2, 0.25) is 0 Å². The minimum atomic E-state index is 0.254. The Morgan fingerprint density at radius 2 is 1.89 bits per heavy atom. The van der Waals surface area contributed by atoms with E-state index in [1.807, 2.05) is 24.3 Å². The van der Waals surface area contributed by atoms with Crippen LogP contribution in [-0.2, 0) is 6.42 Å². The molecule has 0 saturated heterocycles. The molecule has 3 heteroatoms. The van der Waals surface area contributed by atoms with Gasteiger partial charge in [0.25, 0.3) is 0 Å². The average Bonchev–Trinajstić information content (AvgIpc) is 2.40. The Balaban J connectivity index is 2.21. The van der Waals surface area contributed by atoms with Crippen molar-refractivity contribution in [2.45, 2.75) is 13.3 Å². The standard InChI is InChI=1S/C15H14INO/c1-2-11-3-6-14(7-4-11)17-10-12-9-13(16)5-8-15(12)18/h3-10,18H,2H2,1H3. The van der Waals surface area contributed by atoms with Crippen molar-refractivity contribution in [2.24, 2.45) is 4.99 Å². The zero-order valence-corrected chi connectivity index (χ0v) is 12.3. The van der Waals surface area contributed by atoms with Gasteiger partial charge in [-0.3, -0.25) is 4.99 Å². The molecule has 0 aliphatic heterocycles. The number of nitrogens with zero attached hydrogens (tertiary/aromatic N) is 1. The van der Waals surface area contributed by atoms with Crippen LogP contribution in [0, 0.1) is 3.57 Å². The van der Waals surface area contributed by atoms with Gasteiger partial charge in [-0.1, -0.05) is 19.1 Å². The topological polar surface area (TPSA) is 32.6 Å². The molecule has 2 rings (SSSR count). The lowest BCUT2D eigenvalue weighted by Crippen LogP contribution is -1.84. The lowest BCUT2D eigenvalue weighted by molar-refractivity contribution is 0.474. The van der Waals surface area contributed by atoms with E-state index in [1.54, 1.807) is 12.3 Å². The Labute approximate surface area is 121 Å². The van der Waals surface area contributed by atoms with Gasteiger partial charge in [0.1, 0.15) is 5.75 Å². The third kappa shape index (κ3) is 3.32. The van der Waals surface area contributed by atoms with Crippen LogP contribution >= 0.6 is 22.6 Å². The summed E-state index contributed by atoms with van der Waals surface area (Å²) >= 11 is 2.21. The quantitative estimate of drug-likeness (QED) is 0.649. The first kappa shape index (κ1) is 13.1. The number of aliphatic imine (C=N–C) groups is 1. The number of halogens is 1. The maximum absolute atomic E-state index is 9.70. The molecule has 18 heavy (non-hydrogen) atoms. The van der Waals surface area contributed by atoms with Crippen LogP contribution in [-0.4, -0.2) is 11.3 Å². The SMILES string of the molecule is CCc1ccc(N=Cc2cc(I)ccc2O)cc1. The molecular formula is C15H14INO. The van der Waals surface area contributed by atoms with Gasteiger partial charge in [-0.2, -0.15) is 0 Å². The smallest absolute Gasteiger partial charge is 0.124 e. The van der Waals surface area contributed by atoms with Crippen molar-refractivity contribution in [2.75, 3.05) is 0 Å². The summed E-state index contributed by atoms with van der Waals surface area (Å²) in [5.41, 5.74) is 2.93. The molecule has 2 nitrogen and oxygen atoms in total. The van der Waals surface area contributed by atoms with Crippen LogP contribution in [0.1, 0.15) is 18.1 Å². The van der Waals surface area contributed by atoms with Crippen LogP contribution in [0.5, 0.6) is 5.75 Å². The van der Waals surface area contributed by atoms with Crippen molar-refractivity contribution < 1.29 is 5.11 Å². The van der Waals surface area contributed by atoms with Gasteiger partial charge in [0.15, 0.2) is 0 Å². The highest BCUT2D eigenvalue weighted by molar-refractivity contribution is 14.1. The molecule has 0 saturated carbocycles. The van der Waals surface area contributed by atoms with Gasteiger partial charge in [-0.15, -0.1) is 0 Å². The first-order valence-corrected chi connectivity index (χ1v) is 6.88. The van der Waals surface area contributed by atoms with Crippen molar-refractivity contribution in [3.63, 3.8) is 0 Å². The van der Waals surface area contributed by atoms with E-state index in [1.165, 1.54) is 5.56 Å². The normalized spacial score (nSPS) is 11.0. The monoisotopic (exact) mass is 351 g/mol. The second-order valence-corrected chi connectivity index (χ2v) is 5.23. The van der Waals surface area contributed by atoms with Gasteiger partial charge >= 0.3 is 0 Å². The van der Waals surface area contributed by atoms with E-state index in [0.717, 1.165) is 21.2 Å². The van der Waals surface area contributed by atoms with Crippen molar-refractivity contribution in [1.82, 2.24) is 0 Å². The fraction of sp³-hybridized carbons (Fsp3) is 0.133. The van der Waals surface area contributed by atoms with E-state index in [4.69, 9.17) is 0 Å². The van der Waals surface area contributed by atoms with Crippen LogP contribution in [0.25, 0.3) is 0 Å². The van der Waals surface area contributed by atoms with E-state index in [0.29, 0.717) is 0 Å². The molecule has 0 aromatic heterocycles. The number of hydrogen-bond acceptors (Lipinski definition) is 2. The van der Waals surface area contributed by atoms with E-state index >= 15 is 0 Å². The Morgan fingerprint density at radius 1 is 1.17 bits per heavy atom. The van der Waals surface area contributed by atoms with Gasteiger partial charge in [-0.05, 0) is 64.9 Å².